The van der Waals surface area contributed by atoms with Crippen LogP contribution >= 0.6 is 0 Å². The van der Waals surface area contributed by atoms with Gasteiger partial charge in [-0.05, 0) is 37.0 Å². The summed E-state index contributed by atoms with van der Waals surface area (Å²) >= 11 is 0. The molecule has 1 aliphatic carbocycles. The van der Waals surface area contributed by atoms with Gasteiger partial charge in [0.05, 0.1) is 0 Å². The molecule has 114 valence electrons. The van der Waals surface area contributed by atoms with Crippen molar-refractivity contribution in [2.24, 2.45) is 0 Å². The van der Waals surface area contributed by atoms with Crippen molar-refractivity contribution in [2.45, 2.75) is 38.3 Å². The van der Waals surface area contributed by atoms with Crippen LogP contribution in [0.15, 0.2) is 48.5 Å². The summed E-state index contributed by atoms with van der Waals surface area (Å²) < 4.78 is 0. The van der Waals surface area contributed by atoms with Crippen molar-refractivity contribution in [1.29, 1.82) is 0 Å². The summed E-state index contributed by atoms with van der Waals surface area (Å²) in [5, 5.41) is 3.71. The van der Waals surface area contributed by atoms with Crippen molar-refractivity contribution >= 4 is 5.69 Å². The van der Waals surface area contributed by atoms with Crippen LogP contribution in [0.1, 0.15) is 35.4 Å². The van der Waals surface area contributed by atoms with E-state index < -0.39 is 0 Å². The molecule has 1 N–H and O–H groups in total. The van der Waals surface area contributed by atoms with Gasteiger partial charge in [0.15, 0.2) is 0 Å². The van der Waals surface area contributed by atoms with Gasteiger partial charge in [0.25, 0.3) is 0 Å². The minimum atomic E-state index is 0.626. The van der Waals surface area contributed by atoms with Crippen LogP contribution < -0.4 is 10.2 Å². The molecule has 2 heteroatoms. The molecule has 1 atom stereocenters. The van der Waals surface area contributed by atoms with Gasteiger partial charge >= 0.3 is 0 Å². The van der Waals surface area contributed by atoms with Crippen molar-refractivity contribution in [2.75, 3.05) is 18.0 Å². The van der Waals surface area contributed by atoms with Crippen molar-refractivity contribution in [3.8, 4) is 0 Å². The van der Waals surface area contributed by atoms with Crippen molar-refractivity contribution in [3.05, 3.63) is 65.2 Å². The summed E-state index contributed by atoms with van der Waals surface area (Å²) in [6, 6.07) is 18.6. The lowest BCUT2D eigenvalue weighted by Crippen LogP contribution is -2.28. The lowest BCUT2D eigenvalue weighted by atomic mass is 10.0. The molecule has 0 saturated heterocycles. The molecule has 1 saturated carbocycles. The normalized spacial score (nSPS) is 20.2. The number of nitrogens with one attached hydrogen (secondary N) is 1. The minimum absolute atomic E-state index is 0.626. The number of anilines is 1. The highest BCUT2D eigenvalue weighted by Crippen LogP contribution is 2.37. The minimum Gasteiger partial charge on any atom is -0.366 e. The number of nitrogens with zero attached hydrogens (tertiary/aromatic N) is 1. The quantitative estimate of drug-likeness (QED) is 0.900. The van der Waals surface area contributed by atoms with Crippen LogP contribution in [0.25, 0.3) is 0 Å². The van der Waals surface area contributed by atoms with Gasteiger partial charge < -0.3 is 10.2 Å². The summed E-state index contributed by atoms with van der Waals surface area (Å²) in [7, 11) is 0. The fraction of sp³-hybridized carbons (Fsp3) is 0.400. The Balaban J connectivity index is 1.53. The average Bonchev–Trinajstić information content (AvgIpc) is 3.29. The third-order valence-corrected chi connectivity index (χ3v) is 4.84. The van der Waals surface area contributed by atoms with E-state index in [9.17, 15) is 0 Å². The first-order valence-electron chi connectivity index (χ1n) is 8.42. The Bertz CT molecular complexity index is 660. The SMILES string of the molecule is Cc1cccc(CN2CC(CNC3CC3)c3ccccc32)c1. The van der Waals surface area contributed by atoms with E-state index in [0.29, 0.717) is 5.92 Å². The van der Waals surface area contributed by atoms with E-state index in [1.807, 2.05) is 0 Å². The van der Waals surface area contributed by atoms with E-state index in [-0.39, 0.29) is 0 Å². The molecule has 2 aromatic carbocycles. The molecular formula is C20H24N2. The Morgan fingerprint density at radius 1 is 1.09 bits per heavy atom. The van der Waals surface area contributed by atoms with E-state index in [2.05, 4.69) is 65.7 Å². The largest absolute Gasteiger partial charge is 0.366 e. The van der Waals surface area contributed by atoms with Gasteiger partial charge in [-0.3, -0.25) is 0 Å². The Hall–Kier alpha value is -1.80. The zero-order chi connectivity index (χ0) is 14.9. The van der Waals surface area contributed by atoms with Crippen LogP contribution in [-0.2, 0) is 6.54 Å². The summed E-state index contributed by atoms with van der Waals surface area (Å²) in [6.07, 6.45) is 2.72. The number of benzene rings is 2. The fourth-order valence-corrected chi connectivity index (χ4v) is 3.53. The summed E-state index contributed by atoms with van der Waals surface area (Å²) in [6.45, 7) is 5.43. The molecule has 0 amide bonds. The first kappa shape index (κ1) is 13.8. The molecule has 1 heterocycles. The van der Waals surface area contributed by atoms with Gasteiger partial charge in [0, 0.05) is 37.3 Å². The highest BCUT2D eigenvalue weighted by Gasteiger charge is 2.30. The second-order valence-electron chi connectivity index (χ2n) is 6.81. The molecule has 2 nitrogen and oxygen atoms in total. The number of fused-ring (bicyclic) bond motifs is 1. The van der Waals surface area contributed by atoms with Crippen LogP contribution in [0.3, 0.4) is 0 Å². The molecule has 1 unspecified atom stereocenters. The van der Waals surface area contributed by atoms with Crippen molar-refractivity contribution in [1.82, 2.24) is 5.32 Å². The number of hydrogen-bond acceptors (Lipinski definition) is 2. The first-order valence-corrected chi connectivity index (χ1v) is 8.42. The topological polar surface area (TPSA) is 15.3 Å². The van der Waals surface area contributed by atoms with Crippen LogP contribution in [0.4, 0.5) is 5.69 Å². The summed E-state index contributed by atoms with van der Waals surface area (Å²) in [4.78, 5) is 2.54. The van der Waals surface area contributed by atoms with Crippen LogP contribution in [0, 0.1) is 6.92 Å². The van der Waals surface area contributed by atoms with Crippen LogP contribution in [0.5, 0.6) is 0 Å². The fourth-order valence-electron chi connectivity index (χ4n) is 3.53. The molecule has 0 aromatic heterocycles. The predicted molar refractivity (Wildman–Crippen MR) is 92.4 cm³/mol. The van der Waals surface area contributed by atoms with Gasteiger partial charge in [-0.15, -0.1) is 0 Å². The second-order valence-corrected chi connectivity index (χ2v) is 6.81. The molecule has 4 rings (SSSR count). The number of hydrogen-bond donors (Lipinski definition) is 1. The van der Waals surface area contributed by atoms with Gasteiger partial charge in [-0.25, -0.2) is 0 Å². The van der Waals surface area contributed by atoms with Crippen LogP contribution in [-0.4, -0.2) is 19.1 Å². The van der Waals surface area contributed by atoms with Gasteiger partial charge in [-0.2, -0.15) is 0 Å². The van der Waals surface area contributed by atoms with Gasteiger partial charge in [0.2, 0.25) is 0 Å². The number of aryl methyl sites for hydroxylation is 1. The maximum Gasteiger partial charge on any atom is 0.0429 e. The van der Waals surface area contributed by atoms with Gasteiger partial charge in [-0.1, -0.05) is 48.0 Å². The Kier molecular flexibility index (Phi) is 3.63. The Morgan fingerprint density at radius 2 is 1.95 bits per heavy atom. The predicted octanol–water partition coefficient (Wildman–Crippen LogP) is 3.85. The van der Waals surface area contributed by atoms with E-state index in [1.165, 1.54) is 35.2 Å². The van der Waals surface area contributed by atoms with E-state index >= 15 is 0 Å². The maximum absolute atomic E-state index is 3.71. The molecule has 0 bridgehead atoms. The third-order valence-electron chi connectivity index (χ3n) is 4.84. The molecule has 22 heavy (non-hydrogen) atoms. The van der Waals surface area contributed by atoms with E-state index in [4.69, 9.17) is 0 Å². The molecular weight excluding hydrogens is 268 g/mol. The molecule has 2 aromatic rings. The zero-order valence-corrected chi connectivity index (χ0v) is 13.3. The average molecular weight is 292 g/mol. The summed E-state index contributed by atoms with van der Waals surface area (Å²) in [5.74, 6) is 0.626. The van der Waals surface area contributed by atoms with E-state index in [1.54, 1.807) is 0 Å². The van der Waals surface area contributed by atoms with Gasteiger partial charge in [0.1, 0.15) is 0 Å². The Labute approximate surface area is 133 Å². The smallest absolute Gasteiger partial charge is 0.0429 e. The first-order chi connectivity index (χ1) is 10.8. The molecule has 0 radical (unpaired) electrons. The van der Waals surface area contributed by atoms with E-state index in [0.717, 1.165) is 25.7 Å². The molecule has 1 fully saturated rings. The zero-order valence-electron chi connectivity index (χ0n) is 13.3. The summed E-state index contributed by atoms with van der Waals surface area (Å²) in [5.41, 5.74) is 5.69. The maximum atomic E-state index is 3.71. The monoisotopic (exact) mass is 292 g/mol. The number of rotatable bonds is 5. The molecule has 2 aliphatic rings. The Morgan fingerprint density at radius 3 is 2.77 bits per heavy atom. The van der Waals surface area contributed by atoms with Crippen molar-refractivity contribution in [3.63, 3.8) is 0 Å². The molecule has 1 aliphatic heterocycles. The third kappa shape index (κ3) is 2.89. The van der Waals surface area contributed by atoms with Crippen molar-refractivity contribution < 1.29 is 0 Å². The lowest BCUT2D eigenvalue weighted by Gasteiger charge is -2.20. The van der Waals surface area contributed by atoms with Crippen LogP contribution in [0.2, 0.25) is 0 Å². The molecule has 0 spiro atoms. The number of para-hydroxylation sites is 1. The highest BCUT2D eigenvalue weighted by atomic mass is 15.2. The second kappa shape index (κ2) is 5.77. The lowest BCUT2D eigenvalue weighted by molar-refractivity contribution is 0.590. The standard InChI is InChI=1S/C20H24N2/c1-15-5-4-6-16(11-15)13-22-14-17(12-21-18-9-10-18)19-7-2-3-8-20(19)22/h2-8,11,17-18,21H,9-10,12-14H2,1H3. The highest BCUT2D eigenvalue weighted by molar-refractivity contribution is 5.60.